The normalized spacial score (nSPS) is 17.0. The summed E-state index contributed by atoms with van der Waals surface area (Å²) in [6.07, 6.45) is 9.23. The van der Waals surface area contributed by atoms with Gasteiger partial charge in [0.15, 0.2) is 0 Å². The molecule has 8 rings (SSSR count). The molecule has 5 aromatic rings. The molecule has 0 radical (unpaired) electrons. The van der Waals surface area contributed by atoms with E-state index in [0.717, 1.165) is 38.8 Å². The lowest BCUT2D eigenvalue weighted by Gasteiger charge is -2.27. The van der Waals surface area contributed by atoms with Crippen molar-refractivity contribution < 1.29 is 0 Å². The molecule has 0 fully saturated rings. The number of para-hydroxylation sites is 1. The average molecular weight is 465 g/mol. The van der Waals surface area contributed by atoms with E-state index in [1.54, 1.807) is 0 Å². The number of nitrogens with zero attached hydrogens (tertiary/aromatic N) is 2. The van der Waals surface area contributed by atoms with Crippen LogP contribution in [0.25, 0.3) is 32.3 Å². The van der Waals surface area contributed by atoms with Gasteiger partial charge in [-0.1, -0.05) is 78.9 Å². The number of fused-ring (bicyclic) bond motifs is 6. The summed E-state index contributed by atoms with van der Waals surface area (Å²) in [4.78, 5) is 5.14. The molecular weight excluding hydrogens is 436 g/mol. The number of rotatable bonds is 2. The zero-order valence-corrected chi connectivity index (χ0v) is 20.4. The van der Waals surface area contributed by atoms with Crippen LogP contribution in [0.4, 0.5) is 17.1 Å². The summed E-state index contributed by atoms with van der Waals surface area (Å²) in [7, 11) is 0. The standard InChI is InChI=1S/C34H28N2/c1-7-15-31-23(9-1)17-19-35(31)33-21-29-26-12-4-6-14-28(26)34(22-30(29)25-11-3-5-13-27(25)33)36-20-18-24-10-2-8-16-32(24)36/h1-7,9-15,21-22H,8,16-20H2. The Hall–Kier alpha value is -4.04. The van der Waals surface area contributed by atoms with E-state index in [4.69, 9.17) is 0 Å². The van der Waals surface area contributed by atoms with E-state index in [1.807, 2.05) is 0 Å². The van der Waals surface area contributed by atoms with Crippen LogP contribution in [-0.4, -0.2) is 13.1 Å². The highest BCUT2D eigenvalue weighted by Crippen LogP contribution is 2.46. The highest BCUT2D eigenvalue weighted by atomic mass is 15.2. The largest absolute Gasteiger partial charge is 0.344 e. The Morgan fingerprint density at radius 3 is 1.86 bits per heavy atom. The molecule has 2 heteroatoms. The van der Waals surface area contributed by atoms with Crippen molar-refractivity contribution >= 4 is 49.4 Å². The summed E-state index contributed by atoms with van der Waals surface area (Å²) >= 11 is 0. The SMILES string of the molecule is C1=CC2=C(CC1)N(c1cc3c4ccccc4c(N4CCc5ccccc54)cc3c3ccccc13)CC2. The molecule has 3 aliphatic rings. The van der Waals surface area contributed by atoms with E-state index in [2.05, 4.69) is 107 Å². The number of hydrogen-bond acceptors (Lipinski definition) is 2. The Kier molecular flexibility index (Phi) is 4.33. The molecule has 174 valence electrons. The summed E-state index contributed by atoms with van der Waals surface area (Å²) in [5.41, 5.74) is 8.54. The van der Waals surface area contributed by atoms with Gasteiger partial charge in [-0.15, -0.1) is 0 Å². The molecule has 36 heavy (non-hydrogen) atoms. The first kappa shape index (κ1) is 20.2. The molecule has 5 aromatic carbocycles. The maximum atomic E-state index is 2.61. The number of allylic oxidation sites excluding steroid dienone is 3. The van der Waals surface area contributed by atoms with Gasteiger partial charge in [-0.05, 0) is 76.6 Å². The Labute approximate surface area is 211 Å². The fraction of sp³-hybridized carbons (Fsp3) is 0.176. The van der Waals surface area contributed by atoms with Gasteiger partial charge >= 0.3 is 0 Å². The molecule has 0 saturated heterocycles. The molecule has 2 heterocycles. The van der Waals surface area contributed by atoms with Crippen LogP contribution in [0.15, 0.2) is 108 Å². The van der Waals surface area contributed by atoms with Gasteiger partial charge in [0.25, 0.3) is 0 Å². The van der Waals surface area contributed by atoms with Crippen LogP contribution in [0, 0.1) is 0 Å². The molecule has 1 aliphatic carbocycles. The first-order chi connectivity index (χ1) is 17.9. The summed E-state index contributed by atoms with van der Waals surface area (Å²) in [5.74, 6) is 0. The fourth-order valence-electron chi connectivity index (χ4n) is 6.82. The summed E-state index contributed by atoms with van der Waals surface area (Å²) in [5, 5.41) is 8.10. The predicted molar refractivity (Wildman–Crippen MR) is 153 cm³/mol. The van der Waals surface area contributed by atoms with Crippen LogP contribution in [0.5, 0.6) is 0 Å². The number of anilines is 3. The van der Waals surface area contributed by atoms with Gasteiger partial charge < -0.3 is 9.80 Å². The van der Waals surface area contributed by atoms with Gasteiger partial charge in [0.05, 0.1) is 0 Å². The lowest BCUT2D eigenvalue weighted by Crippen LogP contribution is -2.19. The van der Waals surface area contributed by atoms with Crippen LogP contribution < -0.4 is 9.80 Å². The summed E-state index contributed by atoms with van der Waals surface area (Å²) in [6.45, 7) is 2.11. The van der Waals surface area contributed by atoms with Gasteiger partial charge in [0.1, 0.15) is 0 Å². The Balaban J connectivity index is 1.43. The smallest absolute Gasteiger partial charge is 0.0497 e. The predicted octanol–water partition coefficient (Wildman–Crippen LogP) is 8.65. The highest BCUT2D eigenvalue weighted by Gasteiger charge is 2.27. The minimum atomic E-state index is 1.03. The van der Waals surface area contributed by atoms with Gasteiger partial charge in [0.2, 0.25) is 0 Å². The topological polar surface area (TPSA) is 6.48 Å². The maximum absolute atomic E-state index is 2.61. The monoisotopic (exact) mass is 464 g/mol. The number of hydrogen-bond donors (Lipinski definition) is 0. The van der Waals surface area contributed by atoms with Crippen molar-refractivity contribution in [2.75, 3.05) is 22.9 Å². The molecule has 2 aliphatic heterocycles. The third kappa shape index (κ3) is 2.85. The first-order valence-electron chi connectivity index (χ1n) is 13.3. The van der Waals surface area contributed by atoms with Crippen LogP contribution in [0.1, 0.15) is 24.8 Å². The second kappa shape index (κ2) is 7.73. The van der Waals surface area contributed by atoms with Crippen LogP contribution in [-0.2, 0) is 6.42 Å². The van der Waals surface area contributed by atoms with Crippen LogP contribution in [0.3, 0.4) is 0 Å². The first-order valence-corrected chi connectivity index (χ1v) is 13.3. The lowest BCUT2D eigenvalue weighted by molar-refractivity contribution is 0.888. The van der Waals surface area contributed by atoms with E-state index in [9.17, 15) is 0 Å². The Morgan fingerprint density at radius 1 is 0.500 bits per heavy atom. The second-order valence-electron chi connectivity index (χ2n) is 10.3. The molecule has 0 aromatic heterocycles. The van der Waals surface area contributed by atoms with Crippen LogP contribution in [0.2, 0.25) is 0 Å². The van der Waals surface area contributed by atoms with Gasteiger partial charge in [-0.2, -0.15) is 0 Å². The van der Waals surface area contributed by atoms with Gasteiger partial charge in [-0.3, -0.25) is 0 Å². The van der Waals surface area contributed by atoms with E-state index >= 15 is 0 Å². The highest BCUT2D eigenvalue weighted by molar-refractivity contribution is 6.23. The molecule has 0 N–H and O–H groups in total. The van der Waals surface area contributed by atoms with Crippen molar-refractivity contribution in [2.45, 2.75) is 25.7 Å². The molecule has 0 atom stereocenters. The molecule has 0 amide bonds. The summed E-state index contributed by atoms with van der Waals surface area (Å²) in [6, 6.07) is 31.9. The van der Waals surface area contributed by atoms with Crippen molar-refractivity contribution in [1.29, 1.82) is 0 Å². The minimum Gasteiger partial charge on any atom is -0.344 e. The third-order valence-corrected chi connectivity index (χ3v) is 8.48. The average Bonchev–Trinajstić information content (AvgIpc) is 3.57. The van der Waals surface area contributed by atoms with Crippen molar-refractivity contribution in [1.82, 2.24) is 0 Å². The molecular formula is C34H28N2. The van der Waals surface area contributed by atoms with E-state index in [1.165, 1.54) is 66.2 Å². The van der Waals surface area contributed by atoms with E-state index < -0.39 is 0 Å². The molecule has 0 bridgehead atoms. The summed E-state index contributed by atoms with van der Waals surface area (Å²) < 4.78 is 0. The Morgan fingerprint density at radius 2 is 1.11 bits per heavy atom. The molecule has 0 unspecified atom stereocenters. The van der Waals surface area contributed by atoms with Crippen molar-refractivity contribution in [3.63, 3.8) is 0 Å². The van der Waals surface area contributed by atoms with Gasteiger partial charge in [0, 0.05) is 46.6 Å². The van der Waals surface area contributed by atoms with E-state index in [0.29, 0.717) is 0 Å². The van der Waals surface area contributed by atoms with Crippen molar-refractivity contribution in [3.05, 3.63) is 114 Å². The maximum Gasteiger partial charge on any atom is 0.0497 e. The van der Waals surface area contributed by atoms with E-state index in [-0.39, 0.29) is 0 Å². The fourth-order valence-corrected chi connectivity index (χ4v) is 6.82. The second-order valence-corrected chi connectivity index (χ2v) is 10.3. The number of benzene rings is 5. The van der Waals surface area contributed by atoms with Crippen molar-refractivity contribution in [2.24, 2.45) is 0 Å². The zero-order chi connectivity index (χ0) is 23.6. The third-order valence-electron chi connectivity index (χ3n) is 8.48. The molecule has 0 saturated carbocycles. The van der Waals surface area contributed by atoms with Gasteiger partial charge in [-0.25, -0.2) is 0 Å². The lowest BCUT2D eigenvalue weighted by atomic mass is 9.93. The zero-order valence-electron chi connectivity index (χ0n) is 20.4. The quantitative estimate of drug-likeness (QED) is 0.241. The van der Waals surface area contributed by atoms with Crippen molar-refractivity contribution in [3.8, 4) is 0 Å². The Bertz CT molecular complexity index is 1760. The van der Waals surface area contributed by atoms with Crippen LogP contribution >= 0.6 is 0 Å². The molecule has 2 nitrogen and oxygen atoms in total. The molecule has 0 spiro atoms. The minimum absolute atomic E-state index is 1.03.